The molecule has 0 amide bonds. The maximum absolute atomic E-state index is 7.78. The Bertz CT molecular complexity index is 1540. The van der Waals surface area contributed by atoms with Crippen molar-refractivity contribution in [3.63, 3.8) is 0 Å². The van der Waals surface area contributed by atoms with Crippen molar-refractivity contribution in [2.45, 2.75) is 37.2 Å². The maximum atomic E-state index is 7.78. The third kappa shape index (κ3) is 3.88. The van der Waals surface area contributed by atoms with Crippen molar-refractivity contribution in [2.75, 3.05) is 0 Å². The second kappa shape index (κ2) is 9.55. The zero-order chi connectivity index (χ0) is 25.0. The van der Waals surface area contributed by atoms with Crippen molar-refractivity contribution >= 4 is 46.3 Å². The van der Waals surface area contributed by atoms with Crippen LogP contribution in [-0.2, 0) is 17.9 Å². The molecule has 0 fully saturated rings. The molecule has 6 rings (SSSR count). The van der Waals surface area contributed by atoms with Crippen molar-refractivity contribution in [1.82, 2.24) is 0 Å². The van der Waals surface area contributed by atoms with E-state index in [-0.39, 0.29) is 3.63 Å². The topological polar surface area (TPSA) is 0 Å². The van der Waals surface area contributed by atoms with Crippen LogP contribution in [-0.4, -0.2) is 9.52 Å². The van der Waals surface area contributed by atoms with Gasteiger partial charge in [0, 0.05) is 0 Å². The zero-order valence-electron chi connectivity index (χ0n) is 21.0. The van der Waals surface area contributed by atoms with Gasteiger partial charge in [-0.15, -0.1) is 0 Å². The fourth-order valence-corrected chi connectivity index (χ4v) is 23.3. The predicted molar refractivity (Wildman–Crippen MR) is 158 cm³/mol. The van der Waals surface area contributed by atoms with E-state index in [1.165, 1.54) is 63.7 Å². The minimum absolute atomic E-state index is 0.144. The van der Waals surface area contributed by atoms with Gasteiger partial charge in [0.2, 0.25) is 0 Å². The number of allylic oxidation sites excluding steroid dienone is 1. The summed E-state index contributed by atoms with van der Waals surface area (Å²) in [5.74, 6) is 0. The Morgan fingerprint density at radius 2 is 1.50 bits per heavy atom. The Hall–Kier alpha value is -1.70. The molecular weight excluding hydrogens is 575 g/mol. The predicted octanol–water partition coefficient (Wildman–Crippen LogP) is 7.10. The third-order valence-corrected chi connectivity index (χ3v) is 22.4. The molecular formula is C32H30Cl2SiZr. The van der Waals surface area contributed by atoms with Crippen LogP contribution in [0.4, 0.5) is 0 Å². The first-order chi connectivity index (χ1) is 17.4. The first kappa shape index (κ1) is 24.6. The quantitative estimate of drug-likeness (QED) is 0.188. The SMILES string of the molecule is CCCC1=Cc2c(ccc(C)c2-c2ccccc2C)[CH]1[Zr]([Cl])([Cl])[c]1cccc2c1[SiH2]c1ccccc1-2. The average Bonchev–Trinajstić information content (AvgIpc) is 3.43. The summed E-state index contributed by atoms with van der Waals surface area (Å²) < 4.78 is 1.45. The fraction of sp³-hybridized carbons (Fsp3) is 0.188. The summed E-state index contributed by atoms with van der Waals surface area (Å²) in [4.78, 5) is 0. The summed E-state index contributed by atoms with van der Waals surface area (Å²) in [6, 6.07) is 29.0. The van der Waals surface area contributed by atoms with E-state index in [9.17, 15) is 0 Å². The van der Waals surface area contributed by atoms with E-state index < -0.39 is 27.4 Å². The standard InChI is InChI=1S/C20H21.C12H9Si.2ClH.Zr/c1-4-7-16-12-17-11-10-15(3)20(19(17)13-16)18-9-6-5-8-14(18)2;1-3-7-11-9(5-1)10-6-2-4-8-12(10)13-11;;;/h5-6,8-13H,4,7H2,1-3H3;1-7H,13H2;2*1H;/q;;;;+2/p-2. The summed E-state index contributed by atoms with van der Waals surface area (Å²) >= 11 is -3.91. The molecule has 4 aromatic carbocycles. The molecule has 0 N–H and O–H groups in total. The molecule has 2 aliphatic rings. The van der Waals surface area contributed by atoms with E-state index >= 15 is 0 Å². The molecule has 1 heterocycles. The second-order valence-electron chi connectivity index (χ2n) is 10.3. The number of fused-ring (bicyclic) bond motifs is 4. The van der Waals surface area contributed by atoms with E-state index in [1.807, 2.05) is 0 Å². The van der Waals surface area contributed by atoms with Crippen LogP contribution < -0.4 is 13.6 Å². The van der Waals surface area contributed by atoms with Crippen molar-refractivity contribution in [1.29, 1.82) is 0 Å². The molecule has 4 aromatic rings. The number of aryl methyl sites for hydroxylation is 2. The van der Waals surface area contributed by atoms with Gasteiger partial charge in [-0.05, 0) is 0 Å². The summed E-state index contributed by atoms with van der Waals surface area (Å²) in [7, 11) is 15.0. The third-order valence-electron chi connectivity index (χ3n) is 8.02. The van der Waals surface area contributed by atoms with Gasteiger partial charge in [0.25, 0.3) is 0 Å². The van der Waals surface area contributed by atoms with Crippen LogP contribution in [0.3, 0.4) is 0 Å². The van der Waals surface area contributed by atoms with Crippen LogP contribution in [0.2, 0.25) is 0 Å². The van der Waals surface area contributed by atoms with E-state index in [2.05, 4.69) is 106 Å². The van der Waals surface area contributed by atoms with Crippen LogP contribution in [0.15, 0.2) is 84.4 Å². The van der Waals surface area contributed by atoms with Gasteiger partial charge in [-0.1, -0.05) is 0 Å². The van der Waals surface area contributed by atoms with Gasteiger partial charge >= 0.3 is 230 Å². The molecule has 0 spiro atoms. The Morgan fingerprint density at radius 3 is 2.28 bits per heavy atom. The van der Waals surface area contributed by atoms with E-state index in [0.717, 1.165) is 12.8 Å². The monoisotopic (exact) mass is 602 g/mol. The van der Waals surface area contributed by atoms with Gasteiger partial charge in [0.15, 0.2) is 0 Å². The Kier molecular flexibility index (Phi) is 6.54. The van der Waals surface area contributed by atoms with Crippen molar-refractivity contribution in [2.24, 2.45) is 0 Å². The molecule has 1 aliphatic carbocycles. The summed E-state index contributed by atoms with van der Waals surface area (Å²) in [5.41, 5.74) is 12.2. The molecule has 180 valence electrons. The first-order valence-corrected chi connectivity index (χ1v) is 23.3. The molecule has 1 aliphatic heterocycles. The first-order valence-electron chi connectivity index (χ1n) is 12.9. The normalized spacial score (nSPS) is 16.6. The van der Waals surface area contributed by atoms with Gasteiger partial charge in [0.1, 0.15) is 0 Å². The van der Waals surface area contributed by atoms with Crippen LogP contribution in [0.1, 0.15) is 45.6 Å². The van der Waals surface area contributed by atoms with Crippen LogP contribution in [0, 0.1) is 13.8 Å². The molecule has 36 heavy (non-hydrogen) atoms. The number of hydrogen-bond donors (Lipinski definition) is 0. The number of hydrogen-bond acceptors (Lipinski definition) is 0. The summed E-state index contributed by atoms with van der Waals surface area (Å²) in [6.07, 6.45) is 4.58. The Morgan fingerprint density at radius 1 is 0.778 bits per heavy atom. The molecule has 0 saturated carbocycles. The van der Waals surface area contributed by atoms with Crippen LogP contribution in [0.5, 0.6) is 0 Å². The summed E-state index contributed by atoms with van der Waals surface area (Å²) in [5, 5.41) is 3.01. The van der Waals surface area contributed by atoms with Gasteiger partial charge in [-0.2, -0.15) is 0 Å². The summed E-state index contributed by atoms with van der Waals surface area (Å²) in [6.45, 7) is 6.70. The van der Waals surface area contributed by atoms with E-state index in [1.54, 1.807) is 0 Å². The minimum atomic E-state index is -3.91. The Labute approximate surface area is 228 Å². The van der Waals surface area contributed by atoms with Gasteiger partial charge in [-0.3, -0.25) is 0 Å². The number of benzene rings is 4. The van der Waals surface area contributed by atoms with Crippen molar-refractivity contribution in [3.8, 4) is 22.3 Å². The second-order valence-corrected chi connectivity index (χ2v) is 26.1. The molecule has 0 radical (unpaired) electrons. The van der Waals surface area contributed by atoms with Gasteiger partial charge < -0.3 is 0 Å². The van der Waals surface area contributed by atoms with E-state index in [0.29, 0.717) is 0 Å². The molecule has 4 heteroatoms. The van der Waals surface area contributed by atoms with Gasteiger partial charge in [0.05, 0.1) is 0 Å². The number of halogens is 2. The van der Waals surface area contributed by atoms with Crippen molar-refractivity contribution < 1.29 is 17.9 Å². The zero-order valence-corrected chi connectivity index (χ0v) is 26.4. The molecule has 0 bridgehead atoms. The van der Waals surface area contributed by atoms with Crippen LogP contribution in [0.25, 0.3) is 28.3 Å². The van der Waals surface area contributed by atoms with Crippen LogP contribution >= 0.6 is 17.0 Å². The molecule has 1 atom stereocenters. The Balaban J connectivity index is 1.54. The van der Waals surface area contributed by atoms with E-state index in [4.69, 9.17) is 17.0 Å². The molecule has 0 saturated heterocycles. The molecule has 0 nitrogen and oxygen atoms in total. The fourth-order valence-electron chi connectivity index (χ4n) is 6.39. The molecule has 0 aromatic heterocycles. The van der Waals surface area contributed by atoms with Gasteiger partial charge in [-0.25, -0.2) is 0 Å². The molecule has 1 unspecified atom stereocenters. The number of rotatable bonds is 5. The average molecular weight is 605 g/mol. The van der Waals surface area contributed by atoms with Crippen molar-refractivity contribution in [3.05, 3.63) is 107 Å².